The fourth-order valence-corrected chi connectivity index (χ4v) is 6.23. The molecule has 0 amide bonds. The van der Waals surface area contributed by atoms with Crippen molar-refractivity contribution < 1.29 is 5.11 Å². The van der Waals surface area contributed by atoms with Gasteiger partial charge in [0.15, 0.2) is 0 Å². The summed E-state index contributed by atoms with van der Waals surface area (Å²) >= 11 is 0. The van der Waals surface area contributed by atoms with Crippen LogP contribution in [0.3, 0.4) is 0 Å². The highest BCUT2D eigenvalue weighted by molar-refractivity contribution is 5.87. The van der Waals surface area contributed by atoms with Crippen LogP contribution >= 0.6 is 0 Å². The van der Waals surface area contributed by atoms with Gasteiger partial charge < -0.3 is 15.0 Å². The lowest BCUT2D eigenvalue weighted by Gasteiger charge is -2.36. The summed E-state index contributed by atoms with van der Waals surface area (Å²) in [5, 5.41) is 16.8. The van der Waals surface area contributed by atoms with Gasteiger partial charge in [-0.15, -0.1) is 0 Å². The molecular formula is C24H27N3O. The van der Waals surface area contributed by atoms with Crippen molar-refractivity contribution in [3.8, 4) is 0 Å². The van der Waals surface area contributed by atoms with E-state index in [1.165, 1.54) is 27.7 Å². The van der Waals surface area contributed by atoms with Crippen LogP contribution < -0.4 is 5.32 Å². The van der Waals surface area contributed by atoms with E-state index >= 15 is 0 Å². The van der Waals surface area contributed by atoms with Gasteiger partial charge in [-0.1, -0.05) is 19.1 Å². The van der Waals surface area contributed by atoms with Crippen LogP contribution in [0.25, 0.3) is 10.9 Å². The van der Waals surface area contributed by atoms with E-state index in [0.29, 0.717) is 5.92 Å². The number of pyridine rings is 1. The first-order valence-electron chi connectivity index (χ1n) is 10.7. The standard InChI is InChI=1S/C24H27N3O/c1-2-16-5-6-21-19(12-16)18-7-10-26-14-20-22(18)27(21)11-8-23(20)15-24(23,28)17-4-3-9-25-13-17/h3-6,9,12-13,20,26,28H,2,7-8,10-11,14-15H2,1H3. The fraction of sp³-hybridized carbons (Fsp3) is 0.458. The van der Waals surface area contributed by atoms with Crippen molar-refractivity contribution >= 4 is 10.9 Å². The van der Waals surface area contributed by atoms with Gasteiger partial charge in [0.05, 0.1) is 5.60 Å². The Balaban J connectivity index is 1.54. The lowest BCUT2D eigenvalue weighted by molar-refractivity contribution is 0.0681. The second-order valence-corrected chi connectivity index (χ2v) is 8.91. The minimum Gasteiger partial charge on any atom is -0.384 e. The molecule has 6 rings (SSSR count). The number of nitrogens with one attached hydrogen (secondary N) is 1. The van der Waals surface area contributed by atoms with E-state index in [1.54, 1.807) is 6.20 Å². The summed E-state index contributed by atoms with van der Waals surface area (Å²) < 4.78 is 2.56. The largest absolute Gasteiger partial charge is 0.384 e. The molecule has 1 aromatic carbocycles. The van der Waals surface area contributed by atoms with Crippen molar-refractivity contribution in [2.24, 2.45) is 5.41 Å². The molecule has 3 aromatic rings. The number of benzene rings is 1. The van der Waals surface area contributed by atoms with E-state index in [0.717, 1.165) is 50.9 Å². The molecule has 28 heavy (non-hydrogen) atoms. The van der Waals surface area contributed by atoms with E-state index in [-0.39, 0.29) is 5.41 Å². The van der Waals surface area contributed by atoms with Gasteiger partial charge in [-0.25, -0.2) is 0 Å². The molecule has 2 aromatic heterocycles. The smallest absolute Gasteiger partial charge is 0.0982 e. The van der Waals surface area contributed by atoms with E-state index in [2.05, 4.69) is 40.0 Å². The molecule has 1 saturated carbocycles. The quantitative estimate of drug-likeness (QED) is 0.723. The lowest BCUT2D eigenvalue weighted by atomic mass is 9.76. The summed E-state index contributed by atoms with van der Waals surface area (Å²) in [6.45, 7) is 5.19. The molecule has 2 aliphatic heterocycles. The number of aliphatic hydroxyl groups is 1. The molecule has 4 nitrogen and oxygen atoms in total. The minimum absolute atomic E-state index is 0.0694. The summed E-state index contributed by atoms with van der Waals surface area (Å²) in [5.74, 6) is 0.349. The third-order valence-corrected chi connectivity index (χ3v) is 7.77. The summed E-state index contributed by atoms with van der Waals surface area (Å²) in [6.07, 6.45) is 7.66. The maximum absolute atomic E-state index is 11.7. The molecule has 1 fully saturated rings. The van der Waals surface area contributed by atoms with Crippen molar-refractivity contribution in [3.63, 3.8) is 0 Å². The van der Waals surface area contributed by atoms with Crippen LogP contribution in [0.2, 0.25) is 0 Å². The molecule has 4 heteroatoms. The van der Waals surface area contributed by atoms with Crippen LogP contribution in [-0.2, 0) is 25.0 Å². The summed E-state index contributed by atoms with van der Waals surface area (Å²) in [5.41, 5.74) is 5.96. The Hall–Kier alpha value is -2.17. The van der Waals surface area contributed by atoms with Crippen LogP contribution in [0.1, 0.15) is 48.1 Å². The fourth-order valence-electron chi connectivity index (χ4n) is 6.23. The van der Waals surface area contributed by atoms with Crippen LogP contribution in [-0.4, -0.2) is 27.7 Å². The predicted molar refractivity (Wildman–Crippen MR) is 110 cm³/mol. The monoisotopic (exact) mass is 373 g/mol. The summed E-state index contributed by atoms with van der Waals surface area (Å²) in [4.78, 5) is 4.29. The number of rotatable bonds is 2. The van der Waals surface area contributed by atoms with Gasteiger partial charge in [0.25, 0.3) is 0 Å². The topological polar surface area (TPSA) is 50.1 Å². The number of fused-ring (bicyclic) bond motifs is 4. The number of aromatic nitrogens is 2. The lowest BCUT2D eigenvalue weighted by Crippen LogP contribution is -2.37. The summed E-state index contributed by atoms with van der Waals surface area (Å²) in [7, 11) is 0. The Labute approximate surface area is 165 Å². The molecule has 3 unspecified atom stereocenters. The van der Waals surface area contributed by atoms with Crippen molar-refractivity contribution in [3.05, 3.63) is 65.1 Å². The molecular weight excluding hydrogens is 346 g/mol. The summed E-state index contributed by atoms with van der Waals surface area (Å²) in [6, 6.07) is 11.0. The third kappa shape index (κ3) is 2.00. The van der Waals surface area contributed by atoms with Crippen LogP contribution in [0.4, 0.5) is 0 Å². The zero-order chi connectivity index (χ0) is 18.9. The van der Waals surface area contributed by atoms with E-state index in [4.69, 9.17) is 0 Å². The highest BCUT2D eigenvalue weighted by atomic mass is 16.3. The van der Waals surface area contributed by atoms with Crippen molar-refractivity contribution in [2.45, 2.75) is 50.7 Å². The van der Waals surface area contributed by atoms with Crippen LogP contribution in [0.15, 0.2) is 42.7 Å². The molecule has 0 bridgehead atoms. The second kappa shape index (κ2) is 5.68. The van der Waals surface area contributed by atoms with Gasteiger partial charge in [0, 0.05) is 59.0 Å². The number of aryl methyl sites for hydroxylation is 2. The minimum atomic E-state index is -0.745. The molecule has 0 radical (unpaired) electrons. The van der Waals surface area contributed by atoms with Crippen molar-refractivity contribution in [1.82, 2.24) is 14.9 Å². The number of hydrogen-bond donors (Lipinski definition) is 2. The molecule has 3 atom stereocenters. The first-order chi connectivity index (χ1) is 13.7. The Morgan fingerprint density at radius 2 is 2.25 bits per heavy atom. The van der Waals surface area contributed by atoms with Gasteiger partial charge in [-0.05, 0) is 61.6 Å². The Morgan fingerprint density at radius 3 is 3.07 bits per heavy atom. The molecule has 144 valence electrons. The average Bonchev–Trinajstić information content (AvgIpc) is 3.31. The number of hydrogen-bond acceptors (Lipinski definition) is 3. The van der Waals surface area contributed by atoms with Gasteiger partial charge in [-0.3, -0.25) is 4.98 Å². The van der Waals surface area contributed by atoms with Gasteiger partial charge in [-0.2, -0.15) is 0 Å². The SMILES string of the molecule is CCc1ccc2c(c1)c1c3n2CCC2(CC2(O)c2cccnc2)C3CNCC1. The second-order valence-electron chi connectivity index (χ2n) is 8.91. The molecule has 1 aliphatic carbocycles. The zero-order valence-corrected chi connectivity index (χ0v) is 16.4. The maximum atomic E-state index is 11.7. The zero-order valence-electron chi connectivity index (χ0n) is 16.4. The van der Waals surface area contributed by atoms with Crippen LogP contribution in [0.5, 0.6) is 0 Å². The van der Waals surface area contributed by atoms with E-state index in [1.807, 2.05) is 18.3 Å². The molecule has 1 spiro atoms. The third-order valence-electron chi connectivity index (χ3n) is 7.77. The van der Waals surface area contributed by atoms with E-state index < -0.39 is 5.60 Å². The Morgan fingerprint density at radius 1 is 1.32 bits per heavy atom. The van der Waals surface area contributed by atoms with Gasteiger partial charge in [0.1, 0.15) is 0 Å². The highest BCUT2D eigenvalue weighted by Gasteiger charge is 2.72. The molecule has 3 aliphatic rings. The average molecular weight is 374 g/mol. The first kappa shape index (κ1) is 16.8. The van der Waals surface area contributed by atoms with Crippen LogP contribution in [0, 0.1) is 5.41 Å². The molecule has 4 heterocycles. The van der Waals surface area contributed by atoms with Gasteiger partial charge >= 0.3 is 0 Å². The molecule has 0 saturated heterocycles. The van der Waals surface area contributed by atoms with Crippen molar-refractivity contribution in [2.75, 3.05) is 13.1 Å². The van der Waals surface area contributed by atoms with E-state index in [9.17, 15) is 5.11 Å². The first-order valence-corrected chi connectivity index (χ1v) is 10.7. The Kier molecular flexibility index (Phi) is 3.40. The Bertz CT molecular complexity index is 1070. The normalized spacial score (nSPS) is 31.0. The number of nitrogens with zero attached hydrogens (tertiary/aromatic N) is 2. The highest BCUT2D eigenvalue weighted by Crippen LogP contribution is 2.72. The molecule has 2 N–H and O–H groups in total. The van der Waals surface area contributed by atoms with Gasteiger partial charge in [0.2, 0.25) is 0 Å². The van der Waals surface area contributed by atoms with Crippen molar-refractivity contribution in [1.29, 1.82) is 0 Å². The maximum Gasteiger partial charge on any atom is 0.0982 e. The predicted octanol–water partition coefficient (Wildman–Crippen LogP) is 3.51.